The summed E-state index contributed by atoms with van der Waals surface area (Å²) in [6.45, 7) is 2.92. The lowest BCUT2D eigenvalue weighted by Crippen LogP contribution is -2.30. The van der Waals surface area contributed by atoms with Crippen LogP contribution in [0.3, 0.4) is 0 Å². The minimum Gasteiger partial charge on any atom is -0.383 e. The second-order valence-electron chi connectivity index (χ2n) is 4.68. The predicted octanol–water partition coefficient (Wildman–Crippen LogP) is 2.45. The van der Waals surface area contributed by atoms with Gasteiger partial charge in [-0.2, -0.15) is 11.8 Å². The van der Waals surface area contributed by atoms with Crippen molar-refractivity contribution in [1.29, 1.82) is 0 Å². The fraction of sp³-hybridized carbons (Fsp3) is 0.667. The summed E-state index contributed by atoms with van der Waals surface area (Å²) >= 11 is 1.97. The monoisotopic (exact) mass is 252 g/mol. The van der Waals surface area contributed by atoms with E-state index >= 15 is 0 Å². The van der Waals surface area contributed by atoms with Crippen molar-refractivity contribution < 1.29 is 0 Å². The Morgan fingerprint density at radius 3 is 2.76 bits per heavy atom. The molecule has 0 atom stereocenters. The third-order valence-corrected chi connectivity index (χ3v) is 5.07. The first kappa shape index (κ1) is 12.5. The van der Waals surface area contributed by atoms with Crippen molar-refractivity contribution in [3.63, 3.8) is 0 Å². The van der Waals surface area contributed by atoms with E-state index in [-0.39, 0.29) is 0 Å². The number of hydrogen-bond acceptors (Lipinski definition) is 5. The lowest BCUT2D eigenvalue weighted by molar-refractivity contribution is 0.638. The SMILES string of the molecule is CSC1(CNc2ncnc(N)c2C)CCCC1. The molecule has 0 radical (unpaired) electrons. The van der Waals surface area contributed by atoms with Gasteiger partial charge in [0, 0.05) is 16.9 Å². The molecule has 4 nitrogen and oxygen atoms in total. The van der Waals surface area contributed by atoms with Gasteiger partial charge in [-0.15, -0.1) is 0 Å². The van der Waals surface area contributed by atoms with Crippen molar-refractivity contribution in [3.8, 4) is 0 Å². The quantitative estimate of drug-likeness (QED) is 0.862. The first-order valence-electron chi connectivity index (χ1n) is 6.03. The Bertz CT molecular complexity index is 388. The summed E-state index contributed by atoms with van der Waals surface area (Å²) < 4.78 is 0.381. The maximum Gasteiger partial charge on any atom is 0.134 e. The molecule has 17 heavy (non-hydrogen) atoms. The molecule has 0 spiro atoms. The van der Waals surface area contributed by atoms with E-state index in [1.54, 1.807) is 0 Å². The second kappa shape index (κ2) is 5.12. The Morgan fingerprint density at radius 1 is 1.41 bits per heavy atom. The van der Waals surface area contributed by atoms with E-state index in [9.17, 15) is 0 Å². The van der Waals surface area contributed by atoms with Crippen LogP contribution in [0.5, 0.6) is 0 Å². The molecule has 3 N–H and O–H groups in total. The van der Waals surface area contributed by atoms with Crippen LogP contribution >= 0.6 is 11.8 Å². The second-order valence-corrected chi connectivity index (χ2v) is 5.95. The lowest BCUT2D eigenvalue weighted by atomic mass is 10.1. The molecule has 1 aliphatic carbocycles. The molecule has 1 saturated carbocycles. The van der Waals surface area contributed by atoms with Crippen LogP contribution in [0, 0.1) is 6.92 Å². The molecule has 0 unspecified atom stereocenters. The molecular weight excluding hydrogens is 232 g/mol. The number of nitrogens with one attached hydrogen (secondary N) is 1. The highest BCUT2D eigenvalue weighted by Crippen LogP contribution is 2.40. The third-order valence-electron chi connectivity index (χ3n) is 3.65. The molecule has 0 aromatic carbocycles. The van der Waals surface area contributed by atoms with Crippen molar-refractivity contribution in [2.45, 2.75) is 37.4 Å². The van der Waals surface area contributed by atoms with Crippen LogP contribution in [0.15, 0.2) is 6.33 Å². The smallest absolute Gasteiger partial charge is 0.134 e. The zero-order valence-corrected chi connectivity index (χ0v) is 11.3. The number of aromatic nitrogens is 2. The van der Waals surface area contributed by atoms with Gasteiger partial charge in [0.15, 0.2) is 0 Å². The van der Waals surface area contributed by atoms with Crippen LogP contribution in [0.25, 0.3) is 0 Å². The van der Waals surface area contributed by atoms with Crippen molar-refractivity contribution in [2.24, 2.45) is 0 Å². The molecule has 0 bridgehead atoms. The van der Waals surface area contributed by atoms with Crippen molar-refractivity contribution in [2.75, 3.05) is 23.9 Å². The number of nitrogens with two attached hydrogens (primary N) is 1. The van der Waals surface area contributed by atoms with Gasteiger partial charge in [-0.3, -0.25) is 0 Å². The Morgan fingerprint density at radius 2 is 2.12 bits per heavy atom. The van der Waals surface area contributed by atoms with Gasteiger partial charge in [0.05, 0.1) is 0 Å². The van der Waals surface area contributed by atoms with E-state index in [0.29, 0.717) is 10.6 Å². The van der Waals surface area contributed by atoms with Crippen LogP contribution in [0.4, 0.5) is 11.6 Å². The third kappa shape index (κ3) is 2.65. The number of hydrogen-bond donors (Lipinski definition) is 2. The molecule has 1 fully saturated rings. The highest BCUT2D eigenvalue weighted by Gasteiger charge is 2.32. The fourth-order valence-electron chi connectivity index (χ4n) is 2.36. The van der Waals surface area contributed by atoms with Gasteiger partial charge in [0.25, 0.3) is 0 Å². The van der Waals surface area contributed by atoms with Gasteiger partial charge in [0.1, 0.15) is 18.0 Å². The van der Waals surface area contributed by atoms with Crippen molar-refractivity contribution in [1.82, 2.24) is 9.97 Å². The van der Waals surface area contributed by atoms with Gasteiger partial charge < -0.3 is 11.1 Å². The average Bonchev–Trinajstić information content (AvgIpc) is 2.81. The summed E-state index contributed by atoms with van der Waals surface area (Å²) in [5.41, 5.74) is 6.72. The molecule has 1 aromatic rings. The summed E-state index contributed by atoms with van der Waals surface area (Å²) in [5, 5.41) is 3.44. The Labute approximate surface area is 107 Å². The topological polar surface area (TPSA) is 63.8 Å². The highest BCUT2D eigenvalue weighted by molar-refractivity contribution is 8.00. The molecule has 5 heteroatoms. The van der Waals surface area contributed by atoms with Gasteiger partial charge in [-0.05, 0) is 26.0 Å². The minimum absolute atomic E-state index is 0.381. The van der Waals surface area contributed by atoms with E-state index in [4.69, 9.17) is 5.73 Å². The molecular formula is C12H20N4S. The fourth-order valence-corrected chi connectivity index (χ4v) is 3.27. The normalized spacial score (nSPS) is 18.2. The van der Waals surface area contributed by atoms with Crippen molar-refractivity contribution in [3.05, 3.63) is 11.9 Å². The summed E-state index contributed by atoms with van der Waals surface area (Å²) in [4.78, 5) is 8.23. The zero-order chi connectivity index (χ0) is 12.3. The van der Waals surface area contributed by atoms with Crippen LogP contribution in [-0.4, -0.2) is 27.5 Å². The number of rotatable bonds is 4. The van der Waals surface area contributed by atoms with E-state index in [1.807, 2.05) is 18.7 Å². The van der Waals surface area contributed by atoms with E-state index in [0.717, 1.165) is 17.9 Å². The molecule has 2 rings (SSSR count). The van der Waals surface area contributed by atoms with Crippen LogP contribution in [0.1, 0.15) is 31.2 Å². The predicted molar refractivity (Wildman–Crippen MR) is 74.4 cm³/mol. The highest BCUT2D eigenvalue weighted by atomic mass is 32.2. The maximum atomic E-state index is 5.77. The Hall–Kier alpha value is -0.970. The standard InChI is InChI=1S/C12H20N4S/c1-9-10(13)15-8-16-11(9)14-7-12(17-2)5-3-4-6-12/h8H,3-7H2,1-2H3,(H3,13,14,15,16). The largest absolute Gasteiger partial charge is 0.383 e. The first-order valence-corrected chi connectivity index (χ1v) is 7.25. The lowest BCUT2D eigenvalue weighted by Gasteiger charge is -2.27. The van der Waals surface area contributed by atoms with Gasteiger partial charge in [0.2, 0.25) is 0 Å². The zero-order valence-electron chi connectivity index (χ0n) is 10.5. The summed E-state index contributed by atoms with van der Waals surface area (Å²) in [6.07, 6.45) is 8.99. The Kier molecular flexibility index (Phi) is 3.76. The maximum absolute atomic E-state index is 5.77. The van der Waals surface area contributed by atoms with Crippen molar-refractivity contribution >= 4 is 23.4 Å². The molecule has 0 amide bonds. The molecule has 1 aliphatic rings. The van der Waals surface area contributed by atoms with E-state index in [1.165, 1.54) is 32.0 Å². The number of nitrogens with zero attached hydrogens (tertiary/aromatic N) is 2. The first-order chi connectivity index (χ1) is 8.17. The molecule has 0 saturated heterocycles. The number of thioether (sulfide) groups is 1. The number of anilines is 2. The molecule has 0 aliphatic heterocycles. The van der Waals surface area contributed by atoms with Gasteiger partial charge in [-0.25, -0.2) is 9.97 Å². The van der Waals surface area contributed by atoms with Crippen LogP contribution in [0.2, 0.25) is 0 Å². The minimum atomic E-state index is 0.381. The molecule has 1 heterocycles. The summed E-state index contributed by atoms with van der Waals surface area (Å²) in [6, 6.07) is 0. The van der Waals surface area contributed by atoms with Gasteiger partial charge in [-0.1, -0.05) is 12.8 Å². The summed E-state index contributed by atoms with van der Waals surface area (Å²) in [5.74, 6) is 1.44. The summed E-state index contributed by atoms with van der Waals surface area (Å²) in [7, 11) is 0. The van der Waals surface area contributed by atoms with Crippen LogP contribution < -0.4 is 11.1 Å². The molecule has 94 valence electrons. The average molecular weight is 252 g/mol. The van der Waals surface area contributed by atoms with E-state index in [2.05, 4.69) is 21.5 Å². The number of nitrogen functional groups attached to an aromatic ring is 1. The van der Waals surface area contributed by atoms with Crippen LogP contribution in [-0.2, 0) is 0 Å². The molecule has 1 aromatic heterocycles. The van der Waals surface area contributed by atoms with Gasteiger partial charge >= 0.3 is 0 Å². The Balaban J connectivity index is 2.04. The van der Waals surface area contributed by atoms with E-state index < -0.39 is 0 Å².